The number of benzene rings is 2. The smallest absolute Gasteiger partial charge is 0.216 e. The first-order chi connectivity index (χ1) is 14.4. The Balaban J connectivity index is 1.80. The van der Waals surface area contributed by atoms with Gasteiger partial charge in [0.25, 0.3) is 0 Å². The van der Waals surface area contributed by atoms with Gasteiger partial charge in [-0.3, -0.25) is 4.79 Å². The maximum Gasteiger partial charge on any atom is 0.216 e. The van der Waals surface area contributed by atoms with Crippen LogP contribution in [0.25, 0.3) is 11.1 Å². The van der Waals surface area contributed by atoms with Crippen LogP contribution in [0.4, 0.5) is 0 Å². The third kappa shape index (κ3) is 3.35. The van der Waals surface area contributed by atoms with Crippen LogP contribution >= 0.6 is 11.6 Å². The number of hydrogen-bond acceptors (Lipinski definition) is 3. The molecule has 160 valence electrons. The molecule has 2 aromatic rings. The van der Waals surface area contributed by atoms with Crippen molar-refractivity contribution in [3.05, 3.63) is 58.1 Å². The fraction of sp³-hybridized carbons (Fsp3) is 0.480. The Labute approximate surface area is 184 Å². The SMILES string of the molecule is CCc1cccc(-c2c(Cl)ccc3c2[C@](O)(CCCNC(C)=O)[C@@]32CCCNC2)c1. The van der Waals surface area contributed by atoms with Crippen LogP contribution in [-0.4, -0.2) is 30.6 Å². The van der Waals surface area contributed by atoms with Crippen molar-refractivity contribution < 1.29 is 9.90 Å². The average molecular weight is 427 g/mol. The average Bonchev–Trinajstić information content (AvgIpc) is 2.76. The monoisotopic (exact) mass is 426 g/mol. The van der Waals surface area contributed by atoms with Crippen LogP contribution in [0.15, 0.2) is 36.4 Å². The van der Waals surface area contributed by atoms with Gasteiger partial charge in [0.15, 0.2) is 0 Å². The van der Waals surface area contributed by atoms with Crippen LogP contribution in [0.3, 0.4) is 0 Å². The second kappa shape index (κ2) is 8.33. The predicted molar refractivity (Wildman–Crippen MR) is 122 cm³/mol. The molecule has 1 aliphatic heterocycles. The van der Waals surface area contributed by atoms with Crippen molar-refractivity contribution in [1.82, 2.24) is 10.6 Å². The molecule has 0 unspecified atom stereocenters. The summed E-state index contributed by atoms with van der Waals surface area (Å²) in [6.45, 7) is 5.99. The molecule has 2 atom stereocenters. The molecule has 3 N–H and O–H groups in total. The van der Waals surface area contributed by atoms with Gasteiger partial charge in [-0.15, -0.1) is 0 Å². The lowest BCUT2D eigenvalue weighted by molar-refractivity contribution is -0.119. The van der Waals surface area contributed by atoms with E-state index < -0.39 is 5.60 Å². The minimum atomic E-state index is -0.962. The van der Waals surface area contributed by atoms with Gasteiger partial charge in [-0.2, -0.15) is 0 Å². The number of piperidine rings is 1. The van der Waals surface area contributed by atoms with Crippen LogP contribution in [0.1, 0.15) is 56.2 Å². The number of carbonyl (C=O) groups is 1. The van der Waals surface area contributed by atoms with E-state index in [0.717, 1.165) is 55.5 Å². The number of aryl methyl sites for hydroxylation is 1. The van der Waals surface area contributed by atoms with Crippen LogP contribution < -0.4 is 10.6 Å². The lowest BCUT2D eigenvalue weighted by Crippen LogP contribution is -2.65. The first-order valence-electron chi connectivity index (χ1n) is 11.0. The van der Waals surface area contributed by atoms with Crippen molar-refractivity contribution in [3.8, 4) is 11.1 Å². The molecular weight excluding hydrogens is 396 g/mol. The molecule has 1 saturated heterocycles. The zero-order valence-corrected chi connectivity index (χ0v) is 18.6. The van der Waals surface area contributed by atoms with E-state index in [4.69, 9.17) is 11.6 Å². The van der Waals surface area contributed by atoms with E-state index in [2.05, 4.69) is 47.9 Å². The Morgan fingerprint density at radius 2 is 2.13 bits per heavy atom. The summed E-state index contributed by atoms with van der Waals surface area (Å²) in [6, 6.07) is 12.6. The highest BCUT2D eigenvalue weighted by molar-refractivity contribution is 6.33. The van der Waals surface area contributed by atoms with Gasteiger partial charge in [-0.05, 0) is 67.0 Å². The van der Waals surface area contributed by atoms with Gasteiger partial charge in [0.05, 0.1) is 0 Å². The molecule has 0 bridgehead atoms. The van der Waals surface area contributed by atoms with Gasteiger partial charge in [-0.25, -0.2) is 0 Å². The molecule has 2 aromatic carbocycles. The standard InChI is InChI=1S/C25H31ClN2O2/c1-3-18-7-4-8-19(15-18)22-21(26)10-9-20-23(22)25(30,12-6-14-28-17(2)29)24(20)11-5-13-27-16-24/h4,7-10,15,27,30H,3,5-6,11-14,16H2,1-2H3,(H,28,29)/t24-,25-/m1/s1. The van der Waals surface area contributed by atoms with E-state index >= 15 is 0 Å². The Hall–Kier alpha value is -1.88. The first kappa shape index (κ1) is 21.4. The molecule has 1 amide bonds. The molecule has 5 heteroatoms. The first-order valence-corrected chi connectivity index (χ1v) is 11.4. The fourth-order valence-electron chi connectivity index (χ4n) is 5.50. The van der Waals surface area contributed by atoms with E-state index in [-0.39, 0.29) is 11.3 Å². The summed E-state index contributed by atoms with van der Waals surface area (Å²) in [4.78, 5) is 11.3. The van der Waals surface area contributed by atoms with E-state index in [1.165, 1.54) is 18.1 Å². The Morgan fingerprint density at radius 1 is 1.30 bits per heavy atom. The van der Waals surface area contributed by atoms with Crippen molar-refractivity contribution in [2.45, 2.75) is 57.0 Å². The van der Waals surface area contributed by atoms with Crippen LogP contribution in [0.5, 0.6) is 0 Å². The number of amides is 1. The molecule has 0 saturated carbocycles. The van der Waals surface area contributed by atoms with Crippen molar-refractivity contribution in [1.29, 1.82) is 0 Å². The molecule has 0 radical (unpaired) electrons. The molecular formula is C25H31ClN2O2. The maximum absolute atomic E-state index is 12.2. The highest BCUT2D eigenvalue weighted by Gasteiger charge is 2.63. The normalized spacial score (nSPS) is 24.9. The molecule has 2 aliphatic rings. The number of hydrogen-bond donors (Lipinski definition) is 3. The summed E-state index contributed by atoms with van der Waals surface area (Å²) in [5.74, 6) is -0.0369. The van der Waals surface area contributed by atoms with Crippen LogP contribution in [-0.2, 0) is 22.2 Å². The Kier molecular flexibility index (Phi) is 5.93. The highest BCUT2D eigenvalue weighted by Crippen LogP contribution is 2.63. The number of halogens is 1. The Morgan fingerprint density at radius 3 is 2.83 bits per heavy atom. The second-order valence-corrected chi connectivity index (χ2v) is 9.12. The molecule has 1 fully saturated rings. The van der Waals surface area contributed by atoms with Crippen LogP contribution in [0.2, 0.25) is 5.02 Å². The van der Waals surface area contributed by atoms with E-state index in [9.17, 15) is 9.90 Å². The molecule has 4 rings (SSSR count). The molecule has 1 spiro atoms. The largest absolute Gasteiger partial charge is 0.384 e. The number of aliphatic hydroxyl groups is 1. The quantitative estimate of drug-likeness (QED) is 0.603. The maximum atomic E-state index is 12.2. The number of rotatable bonds is 6. The predicted octanol–water partition coefficient (Wildman–Crippen LogP) is 4.31. The zero-order valence-electron chi connectivity index (χ0n) is 17.9. The summed E-state index contributed by atoms with van der Waals surface area (Å²) in [6.07, 6.45) is 4.27. The van der Waals surface area contributed by atoms with Gasteiger partial charge < -0.3 is 15.7 Å². The summed E-state index contributed by atoms with van der Waals surface area (Å²) < 4.78 is 0. The lowest BCUT2D eigenvalue weighted by Gasteiger charge is -2.60. The summed E-state index contributed by atoms with van der Waals surface area (Å²) in [7, 11) is 0. The van der Waals surface area contributed by atoms with Gasteiger partial charge in [0.2, 0.25) is 5.91 Å². The summed E-state index contributed by atoms with van der Waals surface area (Å²) >= 11 is 6.74. The number of nitrogens with one attached hydrogen (secondary N) is 2. The van der Waals surface area contributed by atoms with Crippen molar-refractivity contribution in [2.24, 2.45) is 0 Å². The highest BCUT2D eigenvalue weighted by atomic mass is 35.5. The second-order valence-electron chi connectivity index (χ2n) is 8.71. The lowest BCUT2D eigenvalue weighted by atomic mass is 9.48. The molecule has 1 aliphatic carbocycles. The van der Waals surface area contributed by atoms with Crippen molar-refractivity contribution >= 4 is 17.5 Å². The molecule has 4 nitrogen and oxygen atoms in total. The summed E-state index contributed by atoms with van der Waals surface area (Å²) in [5.41, 5.74) is 4.23. The van der Waals surface area contributed by atoms with Crippen LogP contribution in [0, 0.1) is 0 Å². The van der Waals surface area contributed by atoms with E-state index in [0.29, 0.717) is 18.0 Å². The molecule has 30 heavy (non-hydrogen) atoms. The van der Waals surface area contributed by atoms with E-state index in [1.54, 1.807) is 0 Å². The Bertz CT molecular complexity index is 952. The minimum absolute atomic E-state index is 0.0369. The zero-order chi connectivity index (χ0) is 21.4. The van der Waals surface area contributed by atoms with Gasteiger partial charge in [-0.1, -0.05) is 48.9 Å². The minimum Gasteiger partial charge on any atom is -0.384 e. The number of carbonyl (C=O) groups excluding carboxylic acids is 1. The van der Waals surface area contributed by atoms with Gasteiger partial charge >= 0.3 is 0 Å². The molecule has 0 aromatic heterocycles. The fourth-order valence-corrected chi connectivity index (χ4v) is 5.76. The third-order valence-corrected chi connectivity index (χ3v) is 7.29. The summed E-state index contributed by atoms with van der Waals surface area (Å²) in [5, 5.41) is 19.2. The van der Waals surface area contributed by atoms with Crippen molar-refractivity contribution in [3.63, 3.8) is 0 Å². The van der Waals surface area contributed by atoms with E-state index in [1.807, 2.05) is 6.07 Å². The van der Waals surface area contributed by atoms with Crippen molar-refractivity contribution in [2.75, 3.05) is 19.6 Å². The van der Waals surface area contributed by atoms with Gasteiger partial charge in [0.1, 0.15) is 5.60 Å². The topological polar surface area (TPSA) is 61.4 Å². The number of fused-ring (bicyclic) bond motifs is 2. The third-order valence-electron chi connectivity index (χ3n) is 6.97. The van der Waals surface area contributed by atoms with Gasteiger partial charge in [0, 0.05) is 36.0 Å². The molecule has 1 heterocycles.